The molecule has 5 rings (SSSR count). The molecule has 0 aliphatic rings. The lowest BCUT2D eigenvalue weighted by Crippen LogP contribution is -2.20. The number of nitrogens with zero attached hydrogens (tertiary/aromatic N) is 3. The fourth-order valence-corrected chi connectivity index (χ4v) is 4.07. The van der Waals surface area contributed by atoms with Gasteiger partial charge in [0.15, 0.2) is 0 Å². The van der Waals surface area contributed by atoms with Gasteiger partial charge in [0.25, 0.3) is 5.56 Å². The summed E-state index contributed by atoms with van der Waals surface area (Å²) in [5.41, 5.74) is 9.39. The van der Waals surface area contributed by atoms with E-state index in [1.54, 1.807) is 24.3 Å². The highest BCUT2D eigenvalue weighted by molar-refractivity contribution is 7.22. The van der Waals surface area contributed by atoms with Gasteiger partial charge in [0.05, 0.1) is 21.6 Å². The first-order chi connectivity index (χ1) is 15.2. The summed E-state index contributed by atoms with van der Waals surface area (Å²) in [5.74, 6) is 0. The van der Waals surface area contributed by atoms with Crippen molar-refractivity contribution >= 4 is 38.1 Å². The van der Waals surface area contributed by atoms with Crippen LogP contribution in [-0.4, -0.2) is 14.8 Å². The van der Waals surface area contributed by atoms with Gasteiger partial charge in [0.2, 0.25) is 5.13 Å². The van der Waals surface area contributed by atoms with Crippen LogP contribution in [0, 0.1) is 4.91 Å². The number of H-pyrrole nitrogens is 1. The van der Waals surface area contributed by atoms with Crippen molar-refractivity contribution in [3.8, 4) is 16.9 Å². The smallest absolute Gasteiger partial charge is 0.292 e. The van der Waals surface area contributed by atoms with Crippen molar-refractivity contribution in [2.45, 2.75) is 0 Å². The molecule has 152 valence electrons. The number of hydrogen-bond acceptors (Lipinski definition) is 7. The second-order valence-corrected chi connectivity index (χ2v) is 7.74. The average Bonchev–Trinajstić information content (AvgIpc) is 3.39. The third kappa shape index (κ3) is 3.58. The van der Waals surface area contributed by atoms with Crippen molar-refractivity contribution in [3.05, 3.63) is 94.1 Å². The highest BCUT2D eigenvalue weighted by atomic mass is 32.1. The van der Waals surface area contributed by atoms with E-state index in [9.17, 15) is 9.70 Å². The summed E-state index contributed by atoms with van der Waals surface area (Å²) in [6.45, 7) is 0. The fourth-order valence-electron chi connectivity index (χ4n) is 3.25. The number of para-hydroxylation sites is 1. The summed E-state index contributed by atoms with van der Waals surface area (Å²) < 4.78 is 2.46. The van der Waals surface area contributed by atoms with E-state index in [0.29, 0.717) is 27.9 Å². The molecule has 0 aliphatic carbocycles. The zero-order valence-electron chi connectivity index (χ0n) is 16.1. The summed E-state index contributed by atoms with van der Waals surface area (Å²) in [6, 6.07) is 23.8. The predicted octanol–water partition coefficient (Wildman–Crippen LogP) is 5.28. The minimum Gasteiger partial charge on any atom is -0.292 e. The first kappa shape index (κ1) is 18.8. The second-order valence-electron chi connectivity index (χ2n) is 6.71. The molecule has 0 unspecified atom stereocenters. The number of hydrogen-bond donors (Lipinski definition) is 3. The van der Waals surface area contributed by atoms with E-state index in [4.69, 9.17) is 0 Å². The largest absolute Gasteiger partial charge is 0.297 e. The van der Waals surface area contributed by atoms with Gasteiger partial charge in [-0.05, 0) is 41.6 Å². The standard InChI is InChI=1S/C22H16N6O2S/c29-21-20(24-25-22-23-17-8-4-5-9-18(17)31-22)19(14-6-2-1-3-7-14)26-28(21)16-12-10-15(27-30)11-13-16/h1-13,24,26H,(H,23,25). The van der Waals surface area contributed by atoms with Crippen molar-refractivity contribution < 1.29 is 0 Å². The van der Waals surface area contributed by atoms with E-state index in [0.717, 1.165) is 15.8 Å². The van der Waals surface area contributed by atoms with Gasteiger partial charge < -0.3 is 0 Å². The van der Waals surface area contributed by atoms with Crippen LogP contribution in [0.1, 0.15) is 0 Å². The molecule has 2 heterocycles. The minimum atomic E-state index is -0.278. The Balaban J connectivity index is 1.54. The number of benzene rings is 3. The molecule has 8 nitrogen and oxygen atoms in total. The maximum Gasteiger partial charge on any atom is 0.297 e. The van der Waals surface area contributed by atoms with Gasteiger partial charge in [-0.1, -0.05) is 53.8 Å². The second kappa shape index (κ2) is 7.88. The summed E-state index contributed by atoms with van der Waals surface area (Å²) in [7, 11) is 0. The van der Waals surface area contributed by atoms with Crippen LogP contribution in [0.25, 0.3) is 27.2 Å². The monoisotopic (exact) mass is 428 g/mol. The van der Waals surface area contributed by atoms with Crippen molar-refractivity contribution in [1.82, 2.24) is 14.8 Å². The Morgan fingerprint density at radius 2 is 1.65 bits per heavy atom. The quantitative estimate of drug-likeness (QED) is 0.252. The van der Waals surface area contributed by atoms with Crippen LogP contribution in [0.4, 0.5) is 16.5 Å². The van der Waals surface area contributed by atoms with Gasteiger partial charge in [-0.15, -0.1) is 4.91 Å². The lowest BCUT2D eigenvalue weighted by Gasteiger charge is -2.06. The highest BCUT2D eigenvalue weighted by Crippen LogP contribution is 2.28. The zero-order chi connectivity index (χ0) is 21.2. The van der Waals surface area contributed by atoms with Crippen molar-refractivity contribution in [2.75, 3.05) is 10.9 Å². The Bertz CT molecular complexity index is 1390. The van der Waals surface area contributed by atoms with Crippen LogP contribution in [0.3, 0.4) is 0 Å². The zero-order valence-corrected chi connectivity index (χ0v) is 16.9. The van der Waals surface area contributed by atoms with Gasteiger partial charge in [-0.25, -0.2) is 9.67 Å². The number of thiazole rings is 1. The van der Waals surface area contributed by atoms with Gasteiger partial charge in [0, 0.05) is 5.56 Å². The minimum absolute atomic E-state index is 0.278. The van der Waals surface area contributed by atoms with E-state index in [2.05, 4.69) is 26.1 Å². The SMILES string of the molecule is O=Nc1ccc(-n2[nH]c(-c3ccccc3)c(NNc3nc4ccccc4s3)c2=O)cc1. The third-order valence-electron chi connectivity index (χ3n) is 4.75. The lowest BCUT2D eigenvalue weighted by molar-refractivity contribution is 0.853. The number of rotatable bonds is 6. The van der Waals surface area contributed by atoms with Crippen LogP contribution < -0.4 is 16.4 Å². The van der Waals surface area contributed by atoms with Crippen LogP contribution in [0.15, 0.2) is 88.8 Å². The van der Waals surface area contributed by atoms with Gasteiger partial charge in [0.1, 0.15) is 11.4 Å². The molecule has 0 saturated heterocycles. The molecule has 0 saturated carbocycles. The molecule has 31 heavy (non-hydrogen) atoms. The molecule has 0 amide bonds. The first-order valence-electron chi connectivity index (χ1n) is 9.45. The number of fused-ring (bicyclic) bond motifs is 1. The Labute approximate surface area is 180 Å². The van der Waals surface area contributed by atoms with Gasteiger partial charge in [-0.3, -0.25) is 20.7 Å². The Morgan fingerprint density at radius 1 is 0.903 bits per heavy atom. The van der Waals surface area contributed by atoms with Crippen molar-refractivity contribution in [2.24, 2.45) is 5.18 Å². The molecule has 2 aromatic heterocycles. The Morgan fingerprint density at radius 3 is 2.39 bits per heavy atom. The summed E-state index contributed by atoms with van der Waals surface area (Å²) in [6.07, 6.45) is 0. The maximum absolute atomic E-state index is 13.2. The van der Waals surface area contributed by atoms with Crippen LogP contribution in [0.2, 0.25) is 0 Å². The third-order valence-corrected chi connectivity index (χ3v) is 5.71. The molecule has 9 heteroatoms. The number of aromatic amines is 1. The molecular weight excluding hydrogens is 412 g/mol. The topological polar surface area (TPSA) is 104 Å². The van der Waals surface area contributed by atoms with Crippen LogP contribution in [0.5, 0.6) is 0 Å². The molecule has 5 aromatic rings. The first-order valence-corrected chi connectivity index (χ1v) is 10.3. The van der Waals surface area contributed by atoms with Crippen LogP contribution in [-0.2, 0) is 0 Å². The molecular formula is C22H16N6O2S. The molecule has 3 N–H and O–H groups in total. The van der Waals surface area contributed by atoms with E-state index < -0.39 is 0 Å². The normalized spacial score (nSPS) is 10.8. The molecule has 0 radical (unpaired) electrons. The van der Waals surface area contributed by atoms with E-state index in [1.165, 1.54) is 16.0 Å². The molecule has 0 atom stereocenters. The number of nitrogens with one attached hydrogen (secondary N) is 3. The summed E-state index contributed by atoms with van der Waals surface area (Å²) in [4.78, 5) is 28.5. The van der Waals surface area contributed by atoms with E-state index >= 15 is 0 Å². The Hall–Kier alpha value is -4.24. The molecule has 0 fully saturated rings. The molecule has 0 aliphatic heterocycles. The number of aromatic nitrogens is 3. The van der Waals surface area contributed by atoms with Gasteiger partial charge in [-0.2, -0.15) is 0 Å². The number of nitroso groups, excluding NO2 is 1. The van der Waals surface area contributed by atoms with Crippen molar-refractivity contribution in [1.29, 1.82) is 0 Å². The highest BCUT2D eigenvalue weighted by Gasteiger charge is 2.17. The summed E-state index contributed by atoms with van der Waals surface area (Å²) in [5, 5.41) is 6.71. The number of anilines is 2. The fraction of sp³-hybridized carbons (Fsp3) is 0. The Kier molecular flexibility index (Phi) is 4.77. The molecule has 3 aromatic carbocycles. The van der Waals surface area contributed by atoms with Gasteiger partial charge >= 0.3 is 0 Å². The maximum atomic E-state index is 13.2. The van der Waals surface area contributed by atoms with Crippen LogP contribution >= 0.6 is 11.3 Å². The van der Waals surface area contributed by atoms with E-state index in [-0.39, 0.29) is 5.56 Å². The number of hydrazine groups is 1. The summed E-state index contributed by atoms with van der Waals surface area (Å²) >= 11 is 1.49. The molecule has 0 spiro atoms. The lowest BCUT2D eigenvalue weighted by atomic mass is 10.1. The van der Waals surface area contributed by atoms with E-state index in [1.807, 2.05) is 54.6 Å². The predicted molar refractivity (Wildman–Crippen MR) is 124 cm³/mol. The average molecular weight is 428 g/mol. The molecule has 0 bridgehead atoms. The van der Waals surface area contributed by atoms with Crippen molar-refractivity contribution in [3.63, 3.8) is 0 Å².